The first kappa shape index (κ1) is 23.7. The molecule has 3 heterocycles. The lowest BCUT2D eigenvalue weighted by Crippen LogP contribution is -2.39. The molecule has 180 valence electrons. The second-order valence-electron chi connectivity index (χ2n) is 9.65. The lowest BCUT2D eigenvalue weighted by atomic mass is 9.96. The van der Waals surface area contributed by atoms with Gasteiger partial charge in [0.05, 0.1) is 22.8 Å². The molecule has 0 spiro atoms. The Kier molecular flexibility index (Phi) is 6.31. The highest BCUT2D eigenvalue weighted by molar-refractivity contribution is 5.79. The van der Waals surface area contributed by atoms with Gasteiger partial charge in [-0.15, -0.1) is 0 Å². The zero-order valence-electron chi connectivity index (χ0n) is 19.9. The van der Waals surface area contributed by atoms with Crippen molar-refractivity contribution in [2.75, 3.05) is 18.0 Å². The molecule has 1 fully saturated rings. The maximum Gasteiger partial charge on any atom is 0.337 e. The highest BCUT2D eigenvalue weighted by Gasteiger charge is 2.36. The predicted octanol–water partition coefficient (Wildman–Crippen LogP) is 3.95. The molecule has 1 aliphatic rings. The van der Waals surface area contributed by atoms with E-state index in [0.717, 1.165) is 11.3 Å². The predicted molar refractivity (Wildman–Crippen MR) is 127 cm³/mol. The molecule has 0 bridgehead atoms. The van der Waals surface area contributed by atoms with Gasteiger partial charge in [-0.05, 0) is 40.5 Å². The summed E-state index contributed by atoms with van der Waals surface area (Å²) in [6, 6.07) is 11.6. The summed E-state index contributed by atoms with van der Waals surface area (Å²) < 4.78 is 7.67. The van der Waals surface area contributed by atoms with Crippen LogP contribution >= 0.6 is 0 Å². The lowest BCUT2D eigenvalue weighted by molar-refractivity contribution is -0.160. The zero-order chi connectivity index (χ0) is 24.6. The molecule has 1 unspecified atom stereocenters. The molecule has 0 saturated carbocycles. The first-order valence-corrected chi connectivity index (χ1v) is 11.4. The molecular formula is C25H30N4O5. The summed E-state index contributed by atoms with van der Waals surface area (Å²) in [6.45, 7) is 8.13. The molecule has 1 aromatic carbocycles. The van der Waals surface area contributed by atoms with E-state index in [2.05, 4.69) is 0 Å². The van der Waals surface area contributed by atoms with Crippen molar-refractivity contribution in [1.29, 1.82) is 0 Å². The van der Waals surface area contributed by atoms with Gasteiger partial charge >= 0.3 is 11.9 Å². The van der Waals surface area contributed by atoms with Crippen molar-refractivity contribution in [1.82, 2.24) is 14.6 Å². The molecule has 1 atom stereocenters. The third kappa shape index (κ3) is 4.75. The summed E-state index contributed by atoms with van der Waals surface area (Å²) in [5.74, 6) is -1.75. The molecule has 2 aromatic heterocycles. The lowest BCUT2D eigenvalue weighted by Gasteiger charge is -2.35. The molecule has 4 rings (SSSR count). The number of aromatic nitrogens is 3. The van der Waals surface area contributed by atoms with Crippen LogP contribution in [0, 0.1) is 12.8 Å². The smallest absolute Gasteiger partial charge is 0.337 e. The molecule has 2 N–H and O–H groups in total. The van der Waals surface area contributed by atoms with E-state index < -0.39 is 29.6 Å². The molecule has 34 heavy (non-hydrogen) atoms. The maximum atomic E-state index is 12.4. The van der Waals surface area contributed by atoms with Crippen LogP contribution in [0.1, 0.15) is 51.0 Å². The topological polar surface area (TPSA) is 117 Å². The van der Waals surface area contributed by atoms with Gasteiger partial charge < -0.3 is 19.8 Å². The summed E-state index contributed by atoms with van der Waals surface area (Å²) in [5.41, 5.74) is 2.50. The molecule has 3 aromatic rings. The number of aliphatic carboxylic acids is 2. The van der Waals surface area contributed by atoms with Gasteiger partial charge in [0.15, 0.2) is 11.8 Å². The Labute approximate surface area is 198 Å². The van der Waals surface area contributed by atoms with E-state index in [-0.39, 0.29) is 0 Å². The number of fused-ring (bicyclic) bond motifs is 1. The standard InChI is InChI=1S/C25H30N4O5/c1-15-20(21(24(32)33)34-25(2,3)4)22(28-12-10-17(11-13-28)23(30)31)29-19(26-15)14-18(27-29)16-8-6-5-7-9-16/h5-9,14,17,21H,10-13H2,1-4H3,(H,30,31)(H,32,33). The number of piperidine rings is 1. The van der Waals surface area contributed by atoms with Crippen molar-refractivity contribution < 1.29 is 24.5 Å². The van der Waals surface area contributed by atoms with Crippen molar-refractivity contribution in [2.45, 2.75) is 52.2 Å². The molecule has 1 saturated heterocycles. The van der Waals surface area contributed by atoms with Crippen LogP contribution in [0.15, 0.2) is 36.4 Å². The van der Waals surface area contributed by atoms with E-state index in [1.54, 1.807) is 11.4 Å². The Bertz CT molecular complexity index is 1210. The molecule has 0 aliphatic carbocycles. The van der Waals surface area contributed by atoms with Gasteiger partial charge in [-0.25, -0.2) is 9.78 Å². The fourth-order valence-corrected chi connectivity index (χ4v) is 4.40. The summed E-state index contributed by atoms with van der Waals surface area (Å²) in [4.78, 5) is 30.6. The zero-order valence-corrected chi connectivity index (χ0v) is 19.9. The highest BCUT2D eigenvalue weighted by atomic mass is 16.5. The minimum Gasteiger partial charge on any atom is -0.481 e. The Hall–Kier alpha value is -3.46. The van der Waals surface area contributed by atoms with Gasteiger partial charge in [0.25, 0.3) is 0 Å². The third-order valence-corrected chi connectivity index (χ3v) is 5.98. The number of carboxylic acid groups (broad SMARTS) is 2. The van der Waals surface area contributed by atoms with Crippen molar-refractivity contribution in [3.63, 3.8) is 0 Å². The molecule has 0 radical (unpaired) electrons. The van der Waals surface area contributed by atoms with Crippen LogP contribution in [0.3, 0.4) is 0 Å². The number of aryl methyl sites for hydroxylation is 1. The summed E-state index contributed by atoms with van der Waals surface area (Å²) in [7, 11) is 0. The number of nitrogens with zero attached hydrogens (tertiary/aromatic N) is 4. The minimum absolute atomic E-state index is 0.420. The van der Waals surface area contributed by atoms with Crippen molar-refractivity contribution >= 4 is 23.4 Å². The Morgan fingerprint density at radius 1 is 1.12 bits per heavy atom. The first-order valence-electron chi connectivity index (χ1n) is 11.4. The second kappa shape index (κ2) is 9.06. The van der Waals surface area contributed by atoms with Crippen LogP contribution in [-0.2, 0) is 14.3 Å². The highest BCUT2D eigenvalue weighted by Crippen LogP contribution is 2.37. The van der Waals surface area contributed by atoms with Crippen LogP contribution in [0.5, 0.6) is 0 Å². The summed E-state index contributed by atoms with van der Waals surface area (Å²) in [6.07, 6.45) is -0.335. The van der Waals surface area contributed by atoms with E-state index in [9.17, 15) is 19.8 Å². The van der Waals surface area contributed by atoms with Gasteiger partial charge in [0.2, 0.25) is 0 Å². The van der Waals surface area contributed by atoms with Crippen LogP contribution in [-0.4, -0.2) is 55.4 Å². The first-order chi connectivity index (χ1) is 16.0. The fourth-order valence-electron chi connectivity index (χ4n) is 4.40. The number of hydrogen-bond donors (Lipinski definition) is 2. The Balaban J connectivity index is 1.91. The third-order valence-electron chi connectivity index (χ3n) is 5.98. The fraction of sp³-hybridized carbons (Fsp3) is 0.440. The SMILES string of the molecule is Cc1nc2cc(-c3ccccc3)nn2c(N2CCC(C(=O)O)CC2)c1C(OC(C)(C)C)C(=O)O. The van der Waals surface area contributed by atoms with Gasteiger partial charge in [0, 0.05) is 30.4 Å². The second-order valence-corrected chi connectivity index (χ2v) is 9.65. The van der Waals surface area contributed by atoms with Crippen LogP contribution < -0.4 is 4.90 Å². The number of benzene rings is 1. The van der Waals surface area contributed by atoms with Crippen LogP contribution in [0.4, 0.5) is 5.82 Å². The van der Waals surface area contributed by atoms with Crippen molar-refractivity contribution in [2.24, 2.45) is 5.92 Å². The van der Waals surface area contributed by atoms with E-state index in [1.807, 2.05) is 62.1 Å². The number of ether oxygens (including phenoxy) is 1. The van der Waals surface area contributed by atoms with E-state index in [0.29, 0.717) is 48.7 Å². The van der Waals surface area contributed by atoms with Gasteiger partial charge in [-0.1, -0.05) is 30.3 Å². The monoisotopic (exact) mass is 466 g/mol. The molecule has 1 aliphatic heterocycles. The van der Waals surface area contributed by atoms with E-state index in [4.69, 9.17) is 14.8 Å². The largest absolute Gasteiger partial charge is 0.481 e. The Morgan fingerprint density at radius 2 is 1.76 bits per heavy atom. The average Bonchev–Trinajstić information content (AvgIpc) is 3.20. The average molecular weight is 467 g/mol. The number of hydrogen-bond acceptors (Lipinski definition) is 6. The molecule has 9 nitrogen and oxygen atoms in total. The quantitative estimate of drug-likeness (QED) is 0.561. The van der Waals surface area contributed by atoms with Gasteiger partial charge in [-0.3, -0.25) is 4.79 Å². The van der Waals surface area contributed by atoms with Crippen LogP contribution in [0.25, 0.3) is 16.9 Å². The van der Waals surface area contributed by atoms with Crippen molar-refractivity contribution in [3.8, 4) is 11.3 Å². The van der Waals surface area contributed by atoms with Gasteiger partial charge in [-0.2, -0.15) is 9.61 Å². The normalized spacial score (nSPS) is 16.1. The van der Waals surface area contributed by atoms with E-state index in [1.165, 1.54) is 0 Å². The molecular weight excluding hydrogens is 436 g/mol. The molecule has 9 heteroatoms. The Morgan fingerprint density at radius 3 is 2.32 bits per heavy atom. The summed E-state index contributed by atoms with van der Waals surface area (Å²) >= 11 is 0. The van der Waals surface area contributed by atoms with Crippen molar-refractivity contribution in [3.05, 3.63) is 47.7 Å². The van der Waals surface area contributed by atoms with Crippen LogP contribution in [0.2, 0.25) is 0 Å². The van der Waals surface area contributed by atoms with Gasteiger partial charge in [0.1, 0.15) is 5.82 Å². The molecule has 0 amide bonds. The number of carboxylic acids is 2. The number of anilines is 1. The minimum atomic E-state index is -1.26. The van der Waals surface area contributed by atoms with E-state index >= 15 is 0 Å². The summed E-state index contributed by atoms with van der Waals surface area (Å²) in [5, 5.41) is 24.4. The maximum absolute atomic E-state index is 12.4. The number of carbonyl (C=O) groups is 2. The number of rotatable bonds is 6.